The van der Waals surface area contributed by atoms with Gasteiger partial charge in [0.1, 0.15) is 5.75 Å². The molecule has 0 spiro atoms. The number of carbonyl (C=O) groups excluding carboxylic acids is 1. The van der Waals surface area contributed by atoms with E-state index in [2.05, 4.69) is 40.4 Å². The van der Waals surface area contributed by atoms with E-state index >= 15 is 0 Å². The zero-order valence-corrected chi connectivity index (χ0v) is 16.0. The van der Waals surface area contributed by atoms with Crippen LogP contribution in [0.2, 0.25) is 0 Å². The average Bonchev–Trinajstić information content (AvgIpc) is 2.50. The lowest BCUT2D eigenvalue weighted by molar-refractivity contribution is 0.183. The van der Waals surface area contributed by atoms with Crippen LogP contribution in [0.4, 0.5) is 10.5 Å². The normalized spacial score (nSPS) is 11.9. The lowest BCUT2D eigenvalue weighted by Crippen LogP contribution is -2.39. The summed E-state index contributed by atoms with van der Waals surface area (Å²) in [7, 11) is 0. The highest BCUT2D eigenvalue weighted by Crippen LogP contribution is 2.21. The summed E-state index contributed by atoms with van der Waals surface area (Å²) in [6.07, 6.45) is -0.439. The Balaban J connectivity index is 1.89. The maximum absolute atomic E-state index is 12.1. The molecule has 0 aliphatic heterocycles. The second-order valence-corrected chi connectivity index (χ2v) is 6.96. The topological polar surface area (TPSA) is 50.4 Å². The number of urea groups is 1. The van der Waals surface area contributed by atoms with E-state index in [0.717, 1.165) is 21.5 Å². The molecule has 2 N–H and O–H groups in total. The molecule has 0 saturated heterocycles. The number of ether oxygens (including phenoxy) is 1. The van der Waals surface area contributed by atoms with Crippen LogP contribution in [0.25, 0.3) is 0 Å². The Bertz CT molecular complexity index is 699. The Labute approximate surface area is 151 Å². The fraction of sp³-hybridized carbons (Fsp3) is 0.316. The number of rotatable bonds is 5. The van der Waals surface area contributed by atoms with Crippen molar-refractivity contribution in [2.24, 2.45) is 0 Å². The first kappa shape index (κ1) is 18.3. The summed E-state index contributed by atoms with van der Waals surface area (Å²) in [4.78, 5) is 12.1. The molecule has 0 bridgehead atoms. The largest absolute Gasteiger partial charge is 0.471 e. The molecule has 0 radical (unpaired) electrons. The maximum Gasteiger partial charge on any atom is 0.322 e. The van der Waals surface area contributed by atoms with Gasteiger partial charge in [-0.25, -0.2) is 4.79 Å². The van der Waals surface area contributed by atoms with Crippen molar-refractivity contribution < 1.29 is 9.53 Å². The molecular weight excluding hydrogens is 368 g/mol. The highest BCUT2D eigenvalue weighted by molar-refractivity contribution is 9.10. The van der Waals surface area contributed by atoms with Crippen LogP contribution < -0.4 is 15.4 Å². The van der Waals surface area contributed by atoms with E-state index in [4.69, 9.17) is 4.74 Å². The van der Waals surface area contributed by atoms with E-state index in [9.17, 15) is 4.79 Å². The van der Waals surface area contributed by atoms with Gasteiger partial charge in [-0.2, -0.15) is 0 Å². The maximum atomic E-state index is 12.1. The lowest BCUT2D eigenvalue weighted by Gasteiger charge is -2.18. The van der Waals surface area contributed by atoms with E-state index in [0.29, 0.717) is 5.92 Å². The fourth-order valence-electron chi connectivity index (χ4n) is 2.28. The Morgan fingerprint density at radius 1 is 1.08 bits per heavy atom. The first-order valence-corrected chi connectivity index (χ1v) is 8.74. The van der Waals surface area contributed by atoms with E-state index in [1.54, 1.807) is 6.92 Å². The van der Waals surface area contributed by atoms with Crippen molar-refractivity contribution in [3.63, 3.8) is 0 Å². The summed E-state index contributed by atoms with van der Waals surface area (Å²) in [6, 6.07) is 13.3. The van der Waals surface area contributed by atoms with Gasteiger partial charge in [0.05, 0.1) is 0 Å². The highest BCUT2D eigenvalue weighted by atomic mass is 79.9. The SMILES string of the molecule is Cc1cc(Br)ccc1NC(=O)NC(C)Oc1ccc(C(C)C)cc1. The second kappa shape index (κ2) is 8.20. The summed E-state index contributed by atoms with van der Waals surface area (Å²) in [5.74, 6) is 1.21. The van der Waals surface area contributed by atoms with E-state index in [1.807, 2.05) is 49.4 Å². The summed E-state index contributed by atoms with van der Waals surface area (Å²) >= 11 is 3.41. The van der Waals surface area contributed by atoms with E-state index < -0.39 is 6.23 Å². The van der Waals surface area contributed by atoms with Crippen LogP contribution in [0.5, 0.6) is 5.75 Å². The van der Waals surface area contributed by atoms with Crippen LogP contribution in [-0.4, -0.2) is 12.3 Å². The lowest BCUT2D eigenvalue weighted by atomic mass is 10.0. The minimum Gasteiger partial charge on any atom is -0.471 e. The van der Waals surface area contributed by atoms with Crippen molar-refractivity contribution in [2.45, 2.75) is 39.8 Å². The van der Waals surface area contributed by atoms with Crippen LogP contribution in [0, 0.1) is 6.92 Å². The number of nitrogens with one attached hydrogen (secondary N) is 2. The summed E-state index contributed by atoms with van der Waals surface area (Å²) in [5.41, 5.74) is 3.01. The number of halogens is 1. The third-order valence-electron chi connectivity index (χ3n) is 3.63. The predicted octanol–water partition coefficient (Wildman–Crippen LogP) is 5.43. The summed E-state index contributed by atoms with van der Waals surface area (Å²) in [5, 5.41) is 5.60. The number of carbonyl (C=O) groups is 1. The summed E-state index contributed by atoms with van der Waals surface area (Å²) < 4.78 is 6.71. The average molecular weight is 391 g/mol. The number of amides is 2. The van der Waals surface area contributed by atoms with Crippen LogP contribution in [0.15, 0.2) is 46.9 Å². The molecule has 24 heavy (non-hydrogen) atoms. The first-order valence-electron chi connectivity index (χ1n) is 7.95. The highest BCUT2D eigenvalue weighted by Gasteiger charge is 2.10. The number of hydrogen-bond acceptors (Lipinski definition) is 2. The Morgan fingerprint density at radius 2 is 1.75 bits per heavy atom. The van der Waals surface area contributed by atoms with Gasteiger partial charge in [-0.15, -0.1) is 0 Å². The van der Waals surface area contributed by atoms with E-state index in [-0.39, 0.29) is 6.03 Å². The molecule has 0 aromatic heterocycles. The molecule has 0 aliphatic carbocycles. The Morgan fingerprint density at radius 3 is 2.33 bits per heavy atom. The van der Waals surface area contributed by atoms with Crippen LogP contribution >= 0.6 is 15.9 Å². The Hall–Kier alpha value is -2.01. The van der Waals surface area contributed by atoms with Crippen molar-refractivity contribution >= 4 is 27.6 Å². The zero-order chi connectivity index (χ0) is 17.7. The molecule has 2 aromatic carbocycles. The van der Waals surface area contributed by atoms with Gasteiger partial charge in [0.25, 0.3) is 0 Å². The fourth-order valence-corrected chi connectivity index (χ4v) is 2.75. The molecule has 1 atom stereocenters. The number of anilines is 1. The molecule has 0 saturated carbocycles. The Kier molecular flexibility index (Phi) is 6.26. The van der Waals surface area contributed by atoms with Crippen molar-refractivity contribution in [2.75, 3.05) is 5.32 Å². The molecule has 2 rings (SSSR count). The minimum atomic E-state index is -0.439. The quantitative estimate of drug-likeness (QED) is 0.668. The molecule has 5 heteroatoms. The molecule has 4 nitrogen and oxygen atoms in total. The van der Waals surface area contributed by atoms with Crippen molar-refractivity contribution in [1.29, 1.82) is 0 Å². The van der Waals surface area contributed by atoms with Crippen LogP contribution in [0.1, 0.15) is 37.8 Å². The number of benzene rings is 2. The molecule has 0 fully saturated rings. The standard InChI is InChI=1S/C19H23BrN2O2/c1-12(2)15-5-8-17(9-6-15)24-14(4)21-19(23)22-18-10-7-16(20)11-13(18)3/h5-12,14H,1-4H3,(H2,21,22,23). The van der Waals surface area contributed by atoms with Gasteiger partial charge in [-0.1, -0.05) is 41.9 Å². The third-order valence-corrected chi connectivity index (χ3v) is 4.12. The molecule has 0 aliphatic rings. The predicted molar refractivity (Wildman–Crippen MR) is 102 cm³/mol. The van der Waals surface area contributed by atoms with Gasteiger partial charge >= 0.3 is 6.03 Å². The van der Waals surface area contributed by atoms with Crippen LogP contribution in [-0.2, 0) is 0 Å². The number of aryl methyl sites for hydroxylation is 1. The van der Waals surface area contributed by atoms with Gasteiger partial charge in [-0.3, -0.25) is 0 Å². The van der Waals surface area contributed by atoms with Gasteiger partial charge in [0.15, 0.2) is 6.23 Å². The molecule has 1 unspecified atom stereocenters. The molecular formula is C19H23BrN2O2. The van der Waals surface area contributed by atoms with Crippen molar-refractivity contribution in [3.8, 4) is 5.75 Å². The van der Waals surface area contributed by atoms with E-state index in [1.165, 1.54) is 5.56 Å². The molecule has 2 amide bonds. The molecule has 0 heterocycles. The molecule has 2 aromatic rings. The zero-order valence-electron chi connectivity index (χ0n) is 14.4. The smallest absolute Gasteiger partial charge is 0.322 e. The second-order valence-electron chi connectivity index (χ2n) is 6.04. The van der Waals surface area contributed by atoms with Gasteiger partial charge in [0, 0.05) is 10.2 Å². The minimum absolute atomic E-state index is 0.299. The van der Waals surface area contributed by atoms with Crippen molar-refractivity contribution in [1.82, 2.24) is 5.32 Å². The van der Waals surface area contributed by atoms with Crippen LogP contribution in [0.3, 0.4) is 0 Å². The summed E-state index contributed by atoms with van der Waals surface area (Å²) in [6.45, 7) is 8.03. The third kappa shape index (κ3) is 5.27. The van der Waals surface area contributed by atoms with Crippen molar-refractivity contribution in [3.05, 3.63) is 58.1 Å². The van der Waals surface area contributed by atoms with Gasteiger partial charge in [-0.05, 0) is 61.2 Å². The monoisotopic (exact) mass is 390 g/mol. The van der Waals surface area contributed by atoms with Gasteiger partial charge in [0.2, 0.25) is 0 Å². The first-order chi connectivity index (χ1) is 11.3. The molecule has 128 valence electrons. The van der Waals surface area contributed by atoms with Gasteiger partial charge < -0.3 is 15.4 Å². The number of hydrogen-bond donors (Lipinski definition) is 2.